The Morgan fingerprint density at radius 3 is 2.68 bits per heavy atom. The molecule has 1 heterocycles. The highest BCUT2D eigenvalue weighted by atomic mass is 16.2. The lowest BCUT2D eigenvalue weighted by Gasteiger charge is -2.24. The summed E-state index contributed by atoms with van der Waals surface area (Å²) in [4.78, 5) is 18.3. The number of nitrogens with zero attached hydrogens (tertiary/aromatic N) is 2. The van der Waals surface area contributed by atoms with E-state index in [1.54, 1.807) is 0 Å². The predicted molar refractivity (Wildman–Crippen MR) is 78.0 cm³/mol. The van der Waals surface area contributed by atoms with Crippen molar-refractivity contribution in [3.05, 3.63) is 23.4 Å². The molecule has 1 rings (SSSR count). The number of anilines is 1. The monoisotopic (exact) mass is 264 g/mol. The van der Waals surface area contributed by atoms with E-state index in [0.717, 1.165) is 23.6 Å². The molecule has 106 valence electrons. The molecule has 0 saturated heterocycles. The van der Waals surface area contributed by atoms with Gasteiger partial charge in [-0.05, 0) is 33.8 Å². The summed E-state index contributed by atoms with van der Waals surface area (Å²) in [6.45, 7) is 9.28. The lowest BCUT2D eigenvalue weighted by molar-refractivity contribution is -0.120. The molecular weight excluding hydrogens is 240 g/mol. The topological polar surface area (TPSA) is 71.2 Å². The predicted octanol–water partition coefficient (Wildman–Crippen LogP) is 1.20. The van der Waals surface area contributed by atoms with Gasteiger partial charge in [0, 0.05) is 30.4 Å². The second-order valence-electron chi connectivity index (χ2n) is 4.88. The first kappa shape index (κ1) is 15.4. The van der Waals surface area contributed by atoms with Gasteiger partial charge in [0.25, 0.3) is 0 Å². The van der Waals surface area contributed by atoms with E-state index in [1.165, 1.54) is 0 Å². The Balaban J connectivity index is 2.90. The number of rotatable bonds is 6. The molecule has 1 aromatic heterocycles. The maximum Gasteiger partial charge on any atom is 0.239 e. The number of carbonyl (C=O) groups is 1. The molecule has 5 nitrogen and oxygen atoms in total. The Morgan fingerprint density at radius 1 is 1.47 bits per heavy atom. The largest absolute Gasteiger partial charge is 0.352 e. The molecule has 0 radical (unpaired) electrons. The van der Waals surface area contributed by atoms with E-state index in [0.29, 0.717) is 13.1 Å². The van der Waals surface area contributed by atoms with Gasteiger partial charge in [-0.1, -0.05) is 6.07 Å². The maximum atomic E-state index is 11.9. The van der Waals surface area contributed by atoms with Crippen LogP contribution in [0.15, 0.2) is 12.1 Å². The molecule has 0 fully saturated rings. The molecule has 0 spiro atoms. The third-order valence-corrected chi connectivity index (χ3v) is 2.78. The van der Waals surface area contributed by atoms with Crippen molar-refractivity contribution >= 4 is 11.7 Å². The Labute approximate surface area is 115 Å². The zero-order valence-electron chi connectivity index (χ0n) is 12.2. The van der Waals surface area contributed by atoms with Crippen molar-refractivity contribution in [3.63, 3.8) is 0 Å². The standard InChI is InChI=1S/C14H24N4O/c1-5-18(9-13(19)16-10(2)3)14-12(8-15)7-6-11(4)17-14/h6-7,10H,5,8-9,15H2,1-4H3,(H,16,19). The number of pyridine rings is 1. The summed E-state index contributed by atoms with van der Waals surface area (Å²) in [5, 5.41) is 2.89. The first-order chi connectivity index (χ1) is 8.97. The smallest absolute Gasteiger partial charge is 0.239 e. The van der Waals surface area contributed by atoms with Gasteiger partial charge < -0.3 is 16.0 Å². The second-order valence-corrected chi connectivity index (χ2v) is 4.88. The van der Waals surface area contributed by atoms with Crippen LogP contribution in [0, 0.1) is 6.92 Å². The van der Waals surface area contributed by atoms with E-state index >= 15 is 0 Å². The average molecular weight is 264 g/mol. The fraction of sp³-hybridized carbons (Fsp3) is 0.571. The van der Waals surface area contributed by atoms with Crippen molar-refractivity contribution in [2.45, 2.75) is 40.3 Å². The van der Waals surface area contributed by atoms with Gasteiger partial charge in [-0.3, -0.25) is 4.79 Å². The maximum absolute atomic E-state index is 11.9. The molecule has 1 amide bonds. The van der Waals surface area contributed by atoms with E-state index in [4.69, 9.17) is 5.73 Å². The summed E-state index contributed by atoms with van der Waals surface area (Å²) in [7, 11) is 0. The van der Waals surface area contributed by atoms with Gasteiger partial charge in [0.2, 0.25) is 5.91 Å². The van der Waals surface area contributed by atoms with E-state index in [9.17, 15) is 4.79 Å². The number of hydrogen-bond acceptors (Lipinski definition) is 4. The van der Waals surface area contributed by atoms with Crippen LogP contribution in [0.25, 0.3) is 0 Å². The summed E-state index contributed by atoms with van der Waals surface area (Å²) in [5.74, 6) is 0.812. The van der Waals surface area contributed by atoms with Gasteiger partial charge in [0.1, 0.15) is 5.82 Å². The fourth-order valence-corrected chi connectivity index (χ4v) is 1.88. The second kappa shape index (κ2) is 7.09. The molecule has 5 heteroatoms. The lowest BCUT2D eigenvalue weighted by Crippen LogP contribution is -2.40. The van der Waals surface area contributed by atoms with Crippen molar-refractivity contribution in [1.82, 2.24) is 10.3 Å². The zero-order chi connectivity index (χ0) is 14.4. The van der Waals surface area contributed by atoms with E-state index in [-0.39, 0.29) is 11.9 Å². The molecule has 0 aliphatic heterocycles. The Morgan fingerprint density at radius 2 is 2.16 bits per heavy atom. The molecule has 0 aliphatic carbocycles. The van der Waals surface area contributed by atoms with Gasteiger partial charge >= 0.3 is 0 Å². The van der Waals surface area contributed by atoms with Crippen LogP contribution in [-0.4, -0.2) is 30.0 Å². The molecule has 0 atom stereocenters. The van der Waals surface area contributed by atoms with Gasteiger partial charge in [-0.2, -0.15) is 0 Å². The molecular formula is C14H24N4O. The summed E-state index contributed by atoms with van der Waals surface area (Å²) < 4.78 is 0. The minimum atomic E-state index is 0.00290. The first-order valence-electron chi connectivity index (χ1n) is 6.68. The molecule has 0 saturated carbocycles. The van der Waals surface area contributed by atoms with Crippen LogP contribution in [0.5, 0.6) is 0 Å². The van der Waals surface area contributed by atoms with Crippen molar-refractivity contribution in [2.75, 3.05) is 18.0 Å². The van der Waals surface area contributed by atoms with E-state index in [2.05, 4.69) is 10.3 Å². The Hall–Kier alpha value is -1.62. The molecule has 19 heavy (non-hydrogen) atoms. The molecule has 1 aromatic rings. The highest BCUT2D eigenvalue weighted by Gasteiger charge is 2.15. The normalized spacial score (nSPS) is 10.6. The minimum Gasteiger partial charge on any atom is -0.352 e. The highest BCUT2D eigenvalue weighted by molar-refractivity contribution is 5.81. The molecule has 3 N–H and O–H groups in total. The van der Waals surface area contributed by atoms with Crippen molar-refractivity contribution < 1.29 is 4.79 Å². The zero-order valence-corrected chi connectivity index (χ0v) is 12.2. The average Bonchev–Trinajstić information content (AvgIpc) is 2.35. The molecule has 0 aliphatic rings. The number of amides is 1. The number of nitrogens with two attached hydrogens (primary N) is 1. The minimum absolute atomic E-state index is 0.00290. The summed E-state index contributed by atoms with van der Waals surface area (Å²) in [6.07, 6.45) is 0. The van der Waals surface area contributed by atoms with Gasteiger partial charge in [-0.15, -0.1) is 0 Å². The Bertz CT molecular complexity index is 431. The molecule has 0 unspecified atom stereocenters. The lowest BCUT2D eigenvalue weighted by atomic mass is 10.2. The van der Waals surface area contributed by atoms with Crippen LogP contribution < -0.4 is 16.0 Å². The summed E-state index contributed by atoms with van der Waals surface area (Å²) in [5.41, 5.74) is 7.63. The van der Waals surface area contributed by atoms with Crippen LogP contribution >= 0.6 is 0 Å². The number of hydrogen-bond donors (Lipinski definition) is 2. The van der Waals surface area contributed by atoms with Gasteiger partial charge in [0.15, 0.2) is 0 Å². The number of nitrogens with one attached hydrogen (secondary N) is 1. The van der Waals surface area contributed by atoms with Crippen LogP contribution in [0.4, 0.5) is 5.82 Å². The number of carbonyl (C=O) groups excluding carboxylic acids is 1. The number of likely N-dealkylation sites (N-methyl/N-ethyl adjacent to an activating group) is 1. The number of aromatic nitrogens is 1. The number of aryl methyl sites for hydroxylation is 1. The van der Waals surface area contributed by atoms with Crippen LogP contribution in [-0.2, 0) is 11.3 Å². The van der Waals surface area contributed by atoms with E-state index in [1.807, 2.05) is 44.7 Å². The quantitative estimate of drug-likeness (QED) is 0.810. The van der Waals surface area contributed by atoms with Crippen LogP contribution in [0.3, 0.4) is 0 Å². The van der Waals surface area contributed by atoms with Gasteiger partial charge in [0.05, 0.1) is 6.54 Å². The molecule has 0 bridgehead atoms. The first-order valence-corrected chi connectivity index (χ1v) is 6.68. The van der Waals surface area contributed by atoms with Crippen LogP contribution in [0.1, 0.15) is 32.0 Å². The Kier molecular flexibility index (Phi) is 5.76. The molecule has 0 aromatic carbocycles. The fourth-order valence-electron chi connectivity index (χ4n) is 1.88. The SMILES string of the molecule is CCN(CC(=O)NC(C)C)c1nc(C)ccc1CN. The highest BCUT2D eigenvalue weighted by Crippen LogP contribution is 2.17. The van der Waals surface area contributed by atoms with Crippen molar-refractivity contribution in [3.8, 4) is 0 Å². The summed E-state index contributed by atoms with van der Waals surface area (Å²) >= 11 is 0. The third-order valence-electron chi connectivity index (χ3n) is 2.78. The van der Waals surface area contributed by atoms with Crippen molar-refractivity contribution in [1.29, 1.82) is 0 Å². The van der Waals surface area contributed by atoms with E-state index < -0.39 is 0 Å². The van der Waals surface area contributed by atoms with Crippen molar-refractivity contribution in [2.24, 2.45) is 5.73 Å². The summed E-state index contributed by atoms with van der Waals surface area (Å²) in [6, 6.07) is 4.06. The van der Waals surface area contributed by atoms with Crippen LogP contribution in [0.2, 0.25) is 0 Å². The van der Waals surface area contributed by atoms with Gasteiger partial charge in [-0.25, -0.2) is 4.98 Å². The third kappa shape index (κ3) is 4.52.